The summed E-state index contributed by atoms with van der Waals surface area (Å²) in [6.45, 7) is 7.95. The van der Waals surface area contributed by atoms with Gasteiger partial charge in [-0.2, -0.15) is 5.26 Å². The number of thiazole rings is 1. The number of nitriles is 1. The molecule has 0 aliphatic carbocycles. The predicted octanol–water partition coefficient (Wildman–Crippen LogP) is 2.63. The van der Waals surface area contributed by atoms with Gasteiger partial charge in [0.1, 0.15) is 5.41 Å². The van der Waals surface area contributed by atoms with E-state index in [0.29, 0.717) is 18.7 Å². The van der Waals surface area contributed by atoms with Gasteiger partial charge in [-0.05, 0) is 27.7 Å². The van der Waals surface area contributed by atoms with Crippen molar-refractivity contribution in [1.29, 1.82) is 5.26 Å². The minimum Gasteiger partial charge on any atom is -0.481 e. The van der Waals surface area contributed by atoms with Crippen molar-refractivity contribution < 1.29 is 9.90 Å². The molecule has 0 fully saturated rings. The maximum absolute atomic E-state index is 11.2. The molecule has 19 heavy (non-hydrogen) atoms. The number of carboxylic acid groups (broad SMARTS) is 1. The maximum atomic E-state index is 11.2. The Bertz CT molecular complexity index is 488. The SMILES string of the molecule is CC(C)N(CCC#N)c1nc(C(C)(C)C(=O)O)cs1. The van der Waals surface area contributed by atoms with Gasteiger partial charge in [0.05, 0.1) is 18.2 Å². The first-order valence-electron chi connectivity index (χ1n) is 6.13. The molecule has 1 aromatic heterocycles. The van der Waals surface area contributed by atoms with E-state index in [1.165, 1.54) is 11.3 Å². The van der Waals surface area contributed by atoms with Crippen LogP contribution in [0, 0.1) is 11.3 Å². The maximum Gasteiger partial charge on any atom is 0.315 e. The first-order chi connectivity index (χ1) is 8.80. The van der Waals surface area contributed by atoms with Crippen LogP contribution < -0.4 is 4.90 Å². The smallest absolute Gasteiger partial charge is 0.315 e. The largest absolute Gasteiger partial charge is 0.481 e. The molecular formula is C13H19N3O2S. The summed E-state index contributed by atoms with van der Waals surface area (Å²) in [4.78, 5) is 17.7. The first-order valence-corrected chi connectivity index (χ1v) is 7.01. The molecule has 5 nitrogen and oxygen atoms in total. The van der Waals surface area contributed by atoms with Crippen molar-refractivity contribution in [1.82, 2.24) is 4.98 Å². The lowest BCUT2D eigenvalue weighted by Crippen LogP contribution is -2.32. The average molecular weight is 281 g/mol. The molecule has 1 heterocycles. The summed E-state index contributed by atoms with van der Waals surface area (Å²) >= 11 is 1.42. The number of rotatable bonds is 6. The molecule has 0 aliphatic heterocycles. The quantitative estimate of drug-likeness (QED) is 0.867. The van der Waals surface area contributed by atoms with Crippen LogP contribution in [0.15, 0.2) is 5.38 Å². The van der Waals surface area contributed by atoms with Crippen molar-refractivity contribution in [3.8, 4) is 6.07 Å². The summed E-state index contributed by atoms with van der Waals surface area (Å²) in [6, 6.07) is 2.34. The first kappa shape index (κ1) is 15.4. The molecule has 0 spiro atoms. The summed E-state index contributed by atoms with van der Waals surface area (Å²) in [7, 11) is 0. The molecule has 0 bridgehead atoms. The van der Waals surface area contributed by atoms with Gasteiger partial charge in [0.15, 0.2) is 5.13 Å². The standard InChI is InChI=1S/C13H19N3O2S/c1-9(2)16(7-5-6-14)12-15-10(8-19-12)13(3,4)11(17)18/h8-9H,5,7H2,1-4H3,(H,17,18). The van der Waals surface area contributed by atoms with Crippen molar-refractivity contribution in [3.05, 3.63) is 11.1 Å². The third-order valence-corrected chi connectivity index (χ3v) is 3.88. The van der Waals surface area contributed by atoms with Gasteiger partial charge in [0.25, 0.3) is 0 Å². The Balaban J connectivity index is 3.00. The van der Waals surface area contributed by atoms with Gasteiger partial charge in [-0.1, -0.05) is 0 Å². The fraction of sp³-hybridized carbons (Fsp3) is 0.615. The van der Waals surface area contributed by atoms with E-state index in [1.807, 2.05) is 18.7 Å². The van der Waals surface area contributed by atoms with E-state index in [9.17, 15) is 9.90 Å². The average Bonchev–Trinajstić information content (AvgIpc) is 2.78. The fourth-order valence-corrected chi connectivity index (χ4v) is 2.69. The molecule has 1 rings (SSSR count). The third kappa shape index (κ3) is 3.44. The van der Waals surface area contributed by atoms with E-state index in [0.717, 1.165) is 5.13 Å². The normalized spacial score (nSPS) is 11.4. The Morgan fingerprint density at radius 3 is 2.74 bits per heavy atom. The van der Waals surface area contributed by atoms with E-state index >= 15 is 0 Å². The third-order valence-electron chi connectivity index (χ3n) is 3.00. The highest BCUT2D eigenvalue weighted by Gasteiger charge is 2.32. The fourth-order valence-electron chi connectivity index (χ4n) is 1.54. The molecule has 0 atom stereocenters. The molecule has 1 N–H and O–H groups in total. The number of carboxylic acids is 1. The van der Waals surface area contributed by atoms with Gasteiger partial charge in [0, 0.05) is 18.0 Å². The topological polar surface area (TPSA) is 77.2 Å². The molecule has 0 saturated heterocycles. The number of anilines is 1. The van der Waals surface area contributed by atoms with E-state index in [2.05, 4.69) is 11.1 Å². The van der Waals surface area contributed by atoms with Crippen LogP contribution in [-0.4, -0.2) is 28.6 Å². The van der Waals surface area contributed by atoms with Crippen molar-refractivity contribution in [2.24, 2.45) is 0 Å². The molecule has 0 radical (unpaired) electrons. The molecular weight excluding hydrogens is 262 g/mol. The number of carbonyl (C=O) groups is 1. The molecule has 0 aromatic carbocycles. The lowest BCUT2D eigenvalue weighted by atomic mass is 9.90. The van der Waals surface area contributed by atoms with Crippen molar-refractivity contribution >= 4 is 22.4 Å². The lowest BCUT2D eigenvalue weighted by Gasteiger charge is -2.25. The Morgan fingerprint density at radius 2 is 2.26 bits per heavy atom. The molecule has 0 aliphatic rings. The number of aromatic nitrogens is 1. The summed E-state index contributed by atoms with van der Waals surface area (Å²) in [5, 5.41) is 20.4. The minimum atomic E-state index is -0.993. The Morgan fingerprint density at radius 1 is 1.63 bits per heavy atom. The molecule has 0 saturated carbocycles. The van der Waals surface area contributed by atoms with Crippen LogP contribution in [-0.2, 0) is 10.2 Å². The van der Waals surface area contributed by atoms with Crippen LogP contribution in [0.25, 0.3) is 0 Å². The molecule has 6 heteroatoms. The highest BCUT2D eigenvalue weighted by atomic mass is 32.1. The van der Waals surface area contributed by atoms with Crippen LogP contribution in [0.1, 0.15) is 39.8 Å². The monoisotopic (exact) mass is 281 g/mol. The minimum absolute atomic E-state index is 0.222. The van der Waals surface area contributed by atoms with Crippen LogP contribution >= 0.6 is 11.3 Å². The molecule has 0 amide bonds. The highest BCUT2D eigenvalue weighted by molar-refractivity contribution is 7.13. The van der Waals surface area contributed by atoms with Crippen molar-refractivity contribution in [2.45, 2.75) is 45.6 Å². The number of hydrogen-bond donors (Lipinski definition) is 1. The van der Waals surface area contributed by atoms with Crippen LogP contribution in [0.5, 0.6) is 0 Å². The summed E-state index contributed by atoms with van der Waals surface area (Å²) in [5.74, 6) is -0.891. The van der Waals surface area contributed by atoms with E-state index < -0.39 is 11.4 Å². The lowest BCUT2D eigenvalue weighted by molar-refractivity contribution is -0.142. The molecule has 1 aromatic rings. The second-order valence-electron chi connectivity index (χ2n) is 5.14. The zero-order valence-corrected chi connectivity index (χ0v) is 12.5. The Kier molecular flexibility index (Phi) is 4.90. The summed E-state index contributed by atoms with van der Waals surface area (Å²) < 4.78 is 0. The Labute approximate surface area is 117 Å². The predicted molar refractivity (Wildman–Crippen MR) is 75.5 cm³/mol. The van der Waals surface area contributed by atoms with Gasteiger partial charge in [-0.25, -0.2) is 4.98 Å². The summed E-state index contributed by atoms with van der Waals surface area (Å²) in [5.41, 5.74) is -0.435. The van der Waals surface area contributed by atoms with Crippen molar-refractivity contribution in [2.75, 3.05) is 11.4 Å². The molecule has 0 unspecified atom stereocenters. The van der Waals surface area contributed by atoms with Gasteiger partial charge in [-0.15, -0.1) is 11.3 Å². The van der Waals surface area contributed by atoms with Crippen LogP contribution in [0.4, 0.5) is 5.13 Å². The zero-order valence-electron chi connectivity index (χ0n) is 11.7. The van der Waals surface area contributed by atoms with Gasteiger partial charge < -0.3 is 10.0 Å². The zero-order chi connectivity index (χ0) is 14.6. The number of nitrogens with zero attached hydrogens (tertiary/aromatic N) is 3. The van der Waals surface area contributed by atoms with E-state index in [-0.39, 0.29) is 6.04 Å². The van der Waals surface area contributed by atoms with Crippen molar-refractivity contribution in [3.63, 3.8) is 0 Å². The van der Waals surface area contributed by atoms with E-state index in [1.54, 1.807) is 19.2 Å². The number of aliphatic carboxylic acids is 1. The van der Waals surface area contributed by atoms with E-state index in [4.69, 9.17) is 5.26 Å². The highest BCUT2D eigenvalue weighted by Crippen LogP contribution is 2.30. The Hall–Kier alpha value is -1.61. The number of hydrogen-bond acceptors (Lipinski definition) is 5. The second kappa shape index (κ2) is 6.02. The second-order valence-corrected chi connectivity index (χ2v) is 5.98. The van der Waals surface area contributed by atoms with Crippen LogP contribution in [0.2, 0.25) is 0 Å². The summed E-state index contributed by atoms with van der Waals surface area (Å²) in [6.07, 6.45) is 0.426. The molecule has 104 valence electrons. The van der Waals surface area contributed by atoms with Gasteiger partial charge >= 0.3 is 5.97 Å². The van der Waals surface area contributed by atoms with Gasteiger partial charge in [0.2, 0.25) is 0 Å². The van der Waals surface area contributed by atoms with Crippen LogP contribution in [0.3, 0.4) is 0 Å². The van der Waals surface area contributed by atoms with Gasteiger partial charge in [-0.3, -0.25) is 4.79 Å².